The second-order valence-electron chi connectivity index (χ2n) is 4.74. The molecular formula is C16H20O3S2. The van der Waals surface area contributed by atoms with Crippen LogP contribution in [0, 0.1) is 6.92 Å². The number of hydrogen-bond acceptors (Lipinski definition) is 5. The van der Waals surface area contributed by atoms with Crippen molar-refractivity contribution in [2.75, 3.05) is 32.3 Å². The Bertz CT molecular complexity index is 528. The van der Waals surface area contributed by atoms with Crippen LogP contribution in [0.1, 0.15) is 15.9 Å². The van der Waals surface area contributed by atoms with Crippen LogP contribution in [0.3, 0.4) is 0 Å². The summed E-state index contributed by atoms with van der Waals surface area (Å²) in [5.74, 6) is 0.0351. The molecule has 2 rings (SSSR count). The Morgan fingerprint density at radius 3 is 2.57 bits per heavy atom. The number of carbonyl (C=O) groups excluding carboxylic acids is 1. The van der Waals surface area contributed by atoms with E-state index in [9.17, 15) is 4.79 Å². The van der Waals surface area contributed by atoms with Gasteiger partial charge in [-0.05, 0) is 25.5 Å². The van der Waals surface area contributed by atoms with E-state index in [2.05, 4.69) is 0 Å². The Kier molecular flexibility index (Phi) is 6.36. The molecule has 114 valence electrons. The molecule has 1 fully saturated rings. The van der Waals surface area contributed by atoms with E-state index in [1.165, 1.54) is 0 Å². The average molecular weight is 324 g/mol. The highest BCUT2D eigenvalue weighted by Crippen LogP contribution is 2.33. The minimum absolute atomic E-state index is 0.0351. The van der Waals surface area contributed by atoms with Gasteiger partial charge in [0, 0.05) is 9.80 Å². The number of aryl methyl sites for hydroxylation is 1. The molecule has 0 amide bonds. The molecule has 0 N–H and O–H groups in total. The Hall–Kier alpha value is -0.750. The zero-order valence-corrected chi connectivity index (χ0v) is 14.2. The fourth-order valence-corrected chi connectivity index (χ4v) is 3.82. The molecule has 5 heteroatoms. The molecule has 0 aliphatic carbocycles. The van der Waals surface area contributed by atoms with E-state index in [0.717, 1.165) is 15.4 Å². The van der Waals surface area contributed by atoms with E-state index in [1.54, 1.807) is 23.5 Å². The van der Waals surface area contributed by atoms with Gasteiger partial charge >= 0.3 is 0 Å². The second kappa shape index (κ2) is 8.03. The van der Waals surface area contributed by atoms with Crippen LogP contribution in [0.2, 0.25) is 0 Å². The van der Waals surface area contributed by atoms with Gasteiger partial charge < -0.3 is 9.47 Å². The fourth-order valence-electron chi connectivity index (χ4n) is 2.27. The molecule has 0 aromatic heterocycles. The summed E-state index contributed by atoms with van der Waals surface area (Å²) in [6, 6.07) is 7.68. The van der Waals surface area contributed by atoms with E-state index >= 15 is 0 Å². The van der Waals surface area contributed by atoms with E-state index in [1.807, 2.05) is 43.7 Å². The van der Waals surface area contributed by atoms with Crippen LogP contribution in [-0.2, 0) is 9.47 Å². The van der Waals surface area contributed by atoms with Crippen molar-refractivity contribution in [3.8, 4) is 0 Å². The third-order valence-electron chi connectivity index (χ3n) is 3.25. The summed E-state index contributed by atoms with van der Waals surface area (Å²) in [5, 5.41) is 0. The van der Waals surface area contributed by atoms with Gasteiger partial charge in [0.1, 0.15) is 6.10 Å². The number of Topliss-reactive ketones (excluding diaryl/α,β-unsaturated/α-hetero) is 1. The summed E-state index contributed by atoms with van der Waals surface area (Å²) < 4.78 is 12.2. The van der Waals surface area contributed by atoms with Crippen LogP contribution in [0.15, 0.2) is 34.1 Å². The van der Waals surface area contributed by atoms with Crippen LogP contribution in [-0.4, -0.2) is 44.2 Å². The molecule has 21 heavy (non-hydrogen) atoms. The summed E-state index contributed by atoms with van der Waals surface area (Å²) in [7, 11) is 0. The van der Waals surface area contributed by atoms with Crippen molar-refractivity contribution in [2.24, 2.45) is 0 Å². The quantitative estimate of drug-likeness (QED) is 0.611. The minimum Gasteiger partial charge on any atom is -0.376 e. The van der Waals surface area contributed by atoms with Crippen LogP contribution in [0.5, 0.6) is 0 Å². The van der Waals surface area contributed by atoms with Crippen molar-refractivity contribution in [1.82, 2.24) is 0 Å². The Morgan fingerprint density at radius 2 is 2.00 bits per heavy atom. The lowest BCUT2D eigenvalue weighted by Gasteiger charge is -2.26. The SMILES string of the molecule is CSC(SC)=C(C(=O)c1cccc(C)c1)C1COCCO1. The first-order chi connectivity index (χ1) is 10.2. The zero-order valence-electron chi connectivity index (χ0n) is 12.5. The van der Waals surface area contributed by atoms with Crippen LogP contribution in [0.4, 0.5) is 0 Å². The van der Waals surface area contributed by atoms with Gasteiger partial charge in [-0.3, -0.25) is 4.79 Å². The van der Waals surface area contributed by atoms with E-state index < -0.39 is 0 Å². The number of hydrogen-bond donors (Lipinski definition) is 0. The Labute approximate surface area is 134 Å². The van der Waals surface area contributed by atoms with Gasteiger partial charge in [-0.25, -0.2) is 0 Å². The number of rotatable bonds is 5. The highest BCUT2D eigenvalue weighted by Gasteiger charge is 2.28. The molecule has 0 spiro atoms. The lowest BCUT2D eigenvalue weighted by Crippen LogP contribution is -2.33. The van der Waals surface area contributed by atoms with Crippen molar-refractivity contribution in [2.45, 2.75) is 13.0 Å². The van der Waals surface area contributed by atoms with E-state index in [0.29, 0.717) is 25.4 Å². The molecule has 1 atom stereocenters. The molecule has 1 heterocycles. The molecule has 1 saturated heterocycles. The largest absolute Gasteiger partial charge is 0.376 e. The topological polar surface area (TPSA) is 35.5 Å². The van der Waals surface area contributed by atoms with Gasteiger partial charge in [-0.1, -0.05) is 23.8 Å². The van der Waals surface area contributed by atoms with Gasteiger partial charge in [0.25, 0.3) is 0 Å². The third kappa shape index (κ3) is 4.13. The van der Waals surface area contributed by atoms with Crippen LogP contribution >= 0.6 is 23.5 Å². The molecule has 0 radical (unpaired) electrons. The summed E-state index contributed by atoms with van der Waals surface area (Å²) in [6.45, 7) is 3.56. The molecule has 1 aromatic carbocycles. The van der Waals surface area contributed by atoms with Crippen molar-refractivity contribution < 1.29 is 14.3 Å². The maximum Gasteiger partial charge on any atom is 0.193 e. The Balaban J connectivity index is 2.39. The third-order valence-corrected chi connectivity index (χ3v) is 5.43. The van der Waals surface area contributed by atoms with Gasteiger partial charge in [0.15, 0.2) is 5.78 Å². The average Bonchev–Trinajstić information content (AvgIpc) is 2.52. The van der Waals surface area contributed by atoms with Crippen molar-refractivity contribution in [3.63, 3.8) is 0 Å². The highest BCUT2D eigenvalue weighted by molar-refractivity contribution is 8.21. The predicted octanol–water partition coefficient (Wildman–Crippen LogP) is 3.53. The fraction of sp³-hybridized carbons (Fsp3) is 0.438. The van der Waals surface area contributed by atoms with Crippen molar-refractivity contribution in [3.05, 3.63) is 45.2 Å². The molecule has 3 nitrogen and oxygen atoms in total. The minimum atomic E-state index is -0.276. The summed E-state index contributed by atoms with van der Waals surface area (Å²) in [4.78, 5) is 12.9. The maximum absolute atomic E-state index is 12.9. The monoisotopic (exact) mass is 324 g/mol. The van der Waals surface area contributed by atoms with Gasteiger partial charge in [0.2, 0.25) is 0 Å². The predicted molar refractivity (Wildman–Crippen MR) is 90.1 cm³/mol. The normalized spacial score (nSPS) is 18.3. The zero-order chi connectivity index (χ0) is 15.2. The Morgan fingerprint density at radius 1 is 1.24 bits per heavy atom. The lowest BCUT2D eigenvalue weighted by atomic mass is 9.99. The summed E-state index contributed by atoms with van der Waals surface area (Å²) in [6.07, 6.45) is 3.69. The summed E-state index contributed by atoms with van der Waals surface area (Å²) >= 11 is 3.17. The number of benzene rings is 1. The molecule has 0 saturated carbocycles. The molecule has 1 unspecified atom stereocenters. The van der Waals surface area contributed by atoms with Gasteiger partial charge in [0.05, 0.1) is 25.4 Å². The van der Waals surface area contributed by atoms with Crippen LogP contribution in [0.25, 0.3) is 0 Å². The first-order valence-electron chi connectivity index (χ1n) is 6.80. The van der Waals surface area contributed by atoms with Gasteiger partial charge in [-0.15, -0.1) is 23.5 Å². The summed E-state index contributed by atoms with van der Waals surface area (Å²) in [5.41, 5.74) is 2.51. The second-order valence-corrected chi connectivity index (χ2v) is 6.63. The molecule has 1 aliphatic heterocycles. The first-order valence-corrected chi connectivity index (χ1v) is 9.25. The van der Waals surface area contributed by atoms with Gasteiger partial charge in [-0.2, -0.15) is 0 Å². The number of ether oxygens (including phenoxy) is 2. The van der Waals surface area contributed by atoms with Crippen molar-refractivity contribution in [1.29, 1.82) is 0 Å². The van der Waals surface area contributed by atoms with E-state index in [-0.39, 0.29) is 11.9 Å². The number of carbonyl (C=O) groups is 1. The lowest BCUT2D eigenvalue weighted by molar-refractivity contribution is -0.0712. The van der Waals surface area contributed by atoms with Crippen LogP contribution < -0.4 is 0 Å². The maximum atomic E-state index is 12.9. The van der Waals surface area contributed by atoms with E-state index in [4.69, 9.17) is 9.47 Å². The van der Waals surface area contributed by atoms with Crippen molar-refractivity contribution >= 4 is 29.3 Å². The first kappa shape index (κ1) is 16.6. The highest BCUT2D eigenvalue weighted by atomic mass is 32.2. The molecule has 0 bridgehead atoms. The smallest absolute Gasteiger partial charge is 0.193 e. The standard InChI is InChI=1S/C16H20O3S2/c1-11-5-4-6-12(9-11)15(17)14(16(20-2)21-3)13-10-18-7-8-19-13/h4-6,9,13H,7-8,10H2,1-3H3. The number of ketones is 1. The molecule has 1 aliphatic rings. The molecule has 1 aromatic rings. The number of thioether (sulfide) groups is 2. The molecular weight excluding hydrogens is 304 g/mol.